The van der Waals surface area contributed by atoms with Gasteiger partial charge in [-0.3, -0.25) is 0 Å². The van der Waals surface area contributed by atoms with Crippen LogP contribution in [0.25, 0.3) is 32.7 Å². The molecule has 0 radical (unpaired) electrons. The van der Waals surface area contributed by atoms with Crippen LogP contribution in [0.3, 0.4) is 0 Å². The van der Waals surface area contributed by atoms with Gasteiger partial charge in [0.15, 0.2) is 0 Å². The van der Waals surface area contributed by atoms with Gasteiger partial charge in [-0.2, -0.15) is 0 Å². The standard InChI is InChI=1S/C21H16.2C2H6/c1-15-13-14-21(19-11-5-4-9-17(15)19)20-12-6-8-16-7-2-3-10-18(16)20;2*1-2/h2-14H,1H3;2*1-2H3. The van der Waals surface area contributed by atoms with Crippen LogP contribution in [-0.4, -0.2) is 0 Å². The highest BCUT2D eigenvalue weighted by molar-refractivity contribution is 6.06. The quantitative estimate of drug-likeness (QED) is 0.332. The third kappa shape index (κ3) is 3.74. The van der Waals surface area contributed by atoms with E-state index >= 15 is 0 Å². The summed E-state index contributed by atoms with van der Waals surface area (Å²) < 4.78 is 0. The number of hydrogen-bond acceptors (Lipinski definition) is 0. The fourth-order valence-corrected chi connectivity index (χ4v) is 3.14. The first kappa shape index (κ1) is 18.7. The fourth-order valence-electron chi connectivity index (χ4n) is 3.14. The molecule has 0 aliphatic rings. The summed E-state index contributed by atoms with van der Waals surface area (Å²) in [4.78, 5) is 0. The monoisotopic (exact) mass is 328 g/mol. The topological polar surface area (TPSA) is 0 Å². The van der Waals surface area contributed by atoms with E-state index in [1.54, 1.807) is 0 Å². The van der Waals surface area contributed by atoms with Gasteiger partial charge in [-0.1, -0.05) is 107 Å². The molecule has 0 unspecified atom stereocenters. The van der Waals surface area contributed by atoms with Crippen molar-refractivity contribution in [3.8, 4) is 11.1 Å². The van der Waals surface area contributed by atoms with E-state index in [0.29, 0.717) is 0 Å². The minimum absolute atomic E-state index is 1.29. The Balaban J connectivity index is 0.000000528. The zero-order chi connectivity index (χ0) is 18.2. The van der Waals surface area contributed by atoms with Gasteiger partial charge in [0, 0.05) is 0 Å². The van der Waals surface area contributed by atoms with Gasteiger partial charge in [-0.25, -0.2) is 0 Å². The summed E-state index contributed by atoms with van der Waals surface area (Å²) in [5, 5.41) is 5.27. The molecule has 0 N–H and O–H groups in total. The summed E-state index contributed by atoms with van der Waals surface area (Å²) in [6.07, 6.45) is 0. The third-order valence-corrected chi connectivity index (χ3v) is 4.22. The number of benzene rings is 4. The summed E-state index contributed by atoms with van der Waals surface area (Å²) in [7, 11) is 0. The van der Waals surface area contributed by atoms with E-state index < -0.39 is 0 Å². The Morgan fingerprint density at radius 3 is 1.68 bits per heavy atom. The lowest BCUT2D eigenvalue weighted by Crippen LogP contribution is -1.86. The summed E-state index contributed by atoms with van der Waals surface area (Å²) in [6.45, 7) is 10.2. The summed E-state index contributed by atoms with van der Waals surface area (Å²) in [5.41, 5.74) is 3.95. The fraction of sp³-hybridized carbons (Fsp3) is 0.200. The molecule has 0 heteroatoms. The first-order chi connectivity index (χ1) is 12.3. The van der Waals surface area contributed by atoms with Crippen LogP contribution < -0.4 is 0 Å². The molecule has 4 aromatic carbocycles. The molecule has 4 aromatic rings. The number of fused-ring (bicyclic) bond motifs is 2. The van der Waals surface area contributed by atoms with Crippen LogP contribution >= 0.6 is 0 Å². The molecule has 0 nitrogen and oxygen atoms in total. The second-order valence-corrected chi connectivity index (χ2v) is 5.50. The Kier molecular flexibility index (Phi) is 6.77. The van der Waals surface area contributed by atoms with E-state index in [1.165, 1.54) is 38.2 Å². The van der Waals surface area contributed by atoms with Crippen LogP contribution in [0.1, 0.15) is 33.3 Å². The minimum atomic E-state index is 1.29. The van der Waals surface area contributed by atoms with Gasteiger partial charge in [-0.05, 0) is 45.2 Å². The van der Waals surface area contributed by atoms with Crippen molar-refractivity contribution >= 4 is 21.5 Å². The summed E-state index contributed by atoms with van der Waals surface area (Å²) in [6, 6.07) is 28.3. The van der Waals surface area contributed by atoms with Crippen molar-refractivity contribution in [1.82, 2.24) is 0 Å². The summed E-state index contributed by atoms with van der Waals surface area (Å²) in [5.74, 6) is 0. The maximum Gasteiger partial charge on any atom is -0.00990 e. The van der Waals surface area contributed by atoms with Gasteiger partial charge in [0.2, 0.25) is 0 Å². The molecule has 4 rings (SSSR count). The van der Waals surface area contributed by atoms with E-state index in [1.807, 2.05) is 27.7 Å². The molecule has 0 atom stereocenters. The van der Waals surface area contributed by atoms with Crippen molar-refractivity contribution in [3.63, 3.8) is 0 Å². The van der Waals surface area contributed by atoms with E-state index in [2.05, 4.69) is 85.8 Å². The molecule has 0 aromatic heterocycles. The molecule has 0 saturated carbocycles. The average molecular weight is 328 g/mol. The number of hydrogen-bond donors (Lipinski definition) is 0. The lowest BCUT2D eigenvalue weighted by molar-refractivity contribution is 1.50. The van der Waals surface area contributed by atoms with E-state index in [4.69, 9.17) is 0 Å². The molecule has 0 aliphatic carbocycles. The molecule has 25 heavy (non-hydrogen) atoms. The highest BCUT2D eigenvalue weighted by Gasteiger charge is 2.08. The number of rotatable bonds is 1. The molecule has 0 bridgehead atoms. The molecular formula is C25H28. The second kappa shape index (κ2) is 9.03. The first-order valence-electron chi connectivity index (χ1n) is 9.31. The van der Waals surface area contributed by atoms with Gasteiger partial charge >= 0.3 is 0 Å². The predicted molar refractivity (Wildman–Crippen MR) is 114 cm³/mol. The van der Waals surface area contributed by atoms with Crippen molar-refractivity contribution in [3.05, 3.63) is 84.4 Å². The summed E-state index contributed by atoms with van der Waals surface area (Å²) >= 11 is 0. The van der Waals surface area contributed by atoms with Crippen LogP contribution in [0, 0.1) is 6.92 Å². The molecule has 128 valence electrons. The maximum absolute atomic E-state index is 2.25. The first-order valence-corrected chi connectivity index (χ1v) is 9.31. The Bertz CT molecular complexity index is 943. The van der Waals surface area contributed by atoms with Crippen LogP contribution in [0.5, 0.6) is 0 Å². The lowest BCUT2D eigenvalue weighted by Gasteiger charge is -2.11. The molecule has 0 heterocycles. The highest BCUT2D eigenvalue weighted by atomic mass is 14.1. The highest BCUT2D eigenvalue weighted by Crippen LogP contribution is 2.34. The Morgan fingerprint density at radius 2 is 0.960 bits per heavy atom. The second-order valence-electron chi connectivity index (χ2n) is 5.50. The van der Waals surface area contributed by atoms with Gasteiger partial charge < -0.3 is 0 Å². The molecule has 0 fully saturated rings. The van der Waals surface area contributed by atoms with Crippen molar-refractivity contribution in [2.45, 2.75) is 34.6 Å². The molecule has 0 saturated heterocycles. The van der Waals surface area contributed by atoms with Crippen LogP contribution in [0.4, 0.5) is 0 Å². The average Bonchev–Trinajstić information content (AvgIpc) is 2.71. The maximum atomic E-state index is 2.25. The predicted octanol–water partition coefficient (Wildman–Crippen LogP) is 8.02. The van der Waals surface area contributed by atoms with Crippen LogP contribution in [-0.2, 0) is 0 Å². The SMILES string of the molecule is CC.CC.Cc1ccc(-c2cccc3ccccc23)c2ccccc12. The van der Waals surface area contributed by atoms with Crippen molar-refractivity contribution in [1.29, 1.82) is 0 Å². The van der Waals surface area contributed by atoms with Gasteiger partial charge in [0.1, 0.15) is 0 Å². The van der Waals surface area contributed by atoms with Gasteiger partial charge in [0.05, 0.1) is 0 Å². The molecule has 0 aliphatic heterocycles. The normalized spacial score (nSPS) is 9.80. The zero-order valence-electron chi connectivity index (χ0n) is 16.0. The zero-order valence-corrected chi connectivity index (χ0v) is 16.0. The third-order valence-electron chi connectivity index (χ3n) is 4.22. The molecule has 0 spiro atoms. The van der Waals surface area contributed by atoms with Gasteiger partial charge in [-0.15, -0.1) is 0 Å². The Morgan fingerprint density at radius 1 is 0.440 bits per heavy atom. The van der Waals surface area contributed by atoms with E-state index in [9.17, 15) is 0 Å². The Labute approximate surface area is 152 Å². The van der Waals surface area contributed by atoms with Crippen molar-refractivity contribution < 1.29 is 0 Å². The van der Waals surface area contributed by atoms with E-state index in [-0.39, 0.29) is 0 Å². The minimum Gasteiger partial charge on any atom is -0.0683 e. The Hall–Kier alpha value is -2.60. The smallest absolute Gasteiger partial charge is 0.00990 e. The number of aryl methyl sites for hydroxylation is 1. The van der Waals surface area contributed by atoms with Crippen molar-refractivity contribution in [2.24, 2.45) is 0 Å². The van der Waals surface area contributed by atoms with Crippen LogP contribution in [0.2, 0.25) is 0 Å². The van der Waals surface area contributed by atoms with E-state index in [0.717, 1.165) is 0 Å². The van der Waals surface area contributed by atoms with Gasteiger partial charge in [0.25, 0.3) is 0 Å². The molecular weight excluding hydrogens is 300 g/mol. The van der Waals surface area contributed by atoms with Crippen molar-refractivity contribution in [2.75, 3.05) is 0 Å². The largest absolute Gasteiger partial charge is 0.0683 e. The molecule has 0 amide bonds. The van der Waals surface area contributed by atoms with Crippen LogP contribution in [0.15, 0.2) is 78.9 Å². The lowest BCUT2D eigenvalue weighted by atomic mass is 9.92.